The normalized spacial score (nSPS) is 25.2. The summed E-state index contributed by atoms with van der Waals surface area (Å²) >= 11 is 0. The van der Waals surface area contributed by atoms with E-state index in [4.69, 9.17) is 4.55 Å². The molecule has 0 saturated heterocycles. The lowest BCUT2D eigenvalue weighted by Gasteiger charge is -2.02. The van der Waals surface area contributed by atoms with Crippen LogP contribution in [0.1, 0.15) is 0 Å². The Morgan fingerprint density at radius 1 is 1.78 bits per heavy atom. The average Bonchev–Trinajstić information content (AvgIpc) is 2.08. The van der Waals surface area contributed by atoms with Crippen LogP contribution in [0.5, 0.6) is 0 Å². The van der Waals surface area contributed by atoms with Crippen LogP contribution < -0.4 is 5.43 Å². The Morgan fingerprint density at radius 2 is 2.44 bits per heavy atom. The molecule has 0 aromatic heterocycles. The predicted octanol–water partition coefficient (Wildman–Crippen LogP) is -1.28. The first-order chi connectivity index (χ1) is 4.11. The fraction of sp³-hybridized carbons (Fsp3) is 0.500. The van der Waals surface area contributed by atoms with E-state index in [-0.39, 0.29) is 0 Å². The van der Waals surface area contributed by atoms with Crippen LogP contribution in [-0.4, -0.2) is 24.9 Å². The van der Waals surface area contributed by atoms with E-state index in [9.17, 15) is 8.42 Å². The molecule has 0 amide bonds. The zero-order valence-corrected chi connectivity index (χ0v) is 5.00. The molecule has 1 rings (SSSR count). The number of nitrogens with zero attached hydrogens (tertiary/aromatic N) is 1. The molecule has 0 radical (unpaired) electrons. The molecular weight excluding hydrogens is 148 g/mol. The third kappa shape index (κ3) is 1.30. The minimum absolute atomic E-state index is 0.901. The average molecular weight is 152 g/mol. The van der Waals surface area contributed by atoms with Crippen LogP contribution in [0.15, 0.2) is 5.10 Å². The van der Waals surface area contributed by atoms with Gasteiger partial charge in [0.25, 0.3) is 0 Å². The van der Waals surface area contributed by atoms with Gasteiger partial charge in [-0.2, -0.15) is 8.42 Å². The van der Waals surface area contributed by atoms with Crippen molar-refractivity contribution in [3.63, 3.8) is 0 Å². The van der Waals surface area contributed by atoms with E-state index in [1.165, 1.54) is 0 Å². The highest BCUT2D eigenvalue weighted by Crippen LogP contribution is 1.98. The number of nitrogens with one attached hydrogen (secondary N) is 1. The van der Waals surface area contributed by atoms with Crippen LogP contribution in [-0.2, 0) is 14.9 Å². The zero-order chi connectivity index (χ0) is 6.91. The summed E-state index contributed by atoms with van der Waals surface area (Å²) in [5.41, 5.74) is 0.573. The van der Waals surface area contributed by atoms with Crippen molar-refractivity contribution in [2.45, 2.75) is 5.56 Å². The molecule has 9 heavy (non-hydrogen) atoms. The van der Waals surface area contributed by atoms with E-state index in [0.717, 1.165) is 6.40 Å². The summed E-state index contributed by atoms with van der Waals surface area (Å²) < 4.78 is 32.7. The Hall–Kier alpha value is -0.820. The molecular formula is C2H4N2O4S. The number of ether oxygens (including phenoxy) is 1. The Bertz CT molecular complexity index is 211. The maximum absolute atomic E-state index is 10.1. The molecule has 52 valence electrons. The minimum atomic E-state index is -4.16. The lowest BCUT2D eigenvalue weighted by Crippen LogP contribution is -2.30. The molecule has 0 fully saturated rings. The topological polar surface area (TPSA) is 88.0 Å². The summed E-state index contributed by atoms with van der Waals surface area (Å²) in [6, 6.07) is 0. The van der Waals surface area contributed by atoms with Crippen molar-refractivity contribution in [2.24, 2.45) is 5.10 Å². The van der Waals surface area contributed by atoms with Crippen LogP contribution in [0.2, 0.25) is 0 Å². The standard InChI is InChI=1S/C2H4N2O4S/c5-9(6,7)2-4-3-1-8-2/h1-2,4H,(H,5,6,7). The highest BCUT2D eigenvalue weighted by atomic mass is 32.2. The lowest BCUT2D eigenvalue weighted by atomic mass is 11.3. The van der Waals surface area contributed by atoms with Gasteiger partial charge in [0.05, 0.1) is 0 Å². The van der Waals surface area contributed by atoms with E-state index >= 15 is 0 Å². The summed E-state index contributed by atoms with van der Waals surface area (Å²) in [5.74, 6) is 0. The molecule has 0 spiro atoms. The van der Waals surface area contributed by atoms with Gasteiger partial charge >= 0.3 is 15.7 Å². The molecule has 7 heteroatoms. The van der Waals surface area contributed by atoms with E-state index in [2.05, 4.69) is 9.84 Å². The molecule has 1 aliphatic heterocycles. The second-order valence-corrected chi connectivity index (χ2v) is 2.80. The van der Waals surface area contributed by atoms with E-state index in [1.807, 2.05) is 5.43 Å². The Kier molecular flexibility index (Phi) is 1.29. The molecule has 0 bridgehead atoms. The second kappa shape index (κ2) is 1.85. The Balaban J connectivity index is 2.68. The van der Waals surface area contributed by atoms with Crippen LogP contribution >= 0.6 is 0 Å². The molecule has 6 nitrogen and oxygen atoms in total. The smallest absolute Gasteiger partial charge is 0.325 e. The molecule has 0 aliphatic carbocycles. The van der Waals surface area contributed by atoms with Crippen LogP contribution in [0.4, 0.5) is 0 Å². The fourth-order valence-corrected chi connectivity index (χ4v) is 0.728. The molecule has 0 saturated carbocycles. The largest absolute Gasteiger partial charge is 0.440 e. The lowest BCUT2D eigenvalue weighted by molar-refractivity contribution is 0.255. The van der Waals surface area contributed by atoms with Gasteiger partial charge < -0.3 is 4.74 Å². The maximum Gasteiger partial charge on any atom is 0.325 e. The van der Waals surface area contributed by atoms with Gasteiger partial charge in [-0.1, -0.05) is 0 Å². The second-order valence-electron chi connectivity index (χ2n) is 1.35. The first-order valence-corrected chi connectivity index (χ1v) is 3.50. The summed E-state index contributed by atoms with van der Waals surface area (Å²) in [4.78, 5) is 0. The van der Waals surface area contributed by atoms with E-state index in [1.54, 1.807) is 0 Å². The quantitative estimate of drug-likeness (QED) is 0.457. The highest BCUT2D eigenvalue weighted by Gasteiger charge is 2.25. The third-order valence-electron chi connectivity index (χ3n) is 0.688. The summed E-state index contributed by atoms with van der Waals surface area (Å²) in [5, 5.41) is 3.19. The molecule has 0 aromatic rings. The zero-order valence-electron chi connectivity index (χ0n) is 4.18. The molecule has 1 aliphatic rings. The van der Waals surface area contributed by atoms with Gasteiger partial charge in [0, 0.05) is 0 Å². The number of rotatable bonds is 1. The van der Waals surface area contributed by atoms with Crippen molar-refractivity contribution in [3.05, 3.63) is 0 Å². The molecule has 1 heterocycles. The van der Waals surface area contributed by atoms with Crippen molar-refractivity contribution in [2.75, 3.05) is 0 Å². The van der Waals surface area contributed by atoms with Crippen molar-refractivity contribution in [1.82, 2.24) is 5.43 Å². The molecule has 1 atom stereocenters. The monoisotopic (exact) mass is 152 g/mol. The SMILES string of the molecule is O=S(=O)(O)C1NN=CO1. The molecule has 2 N–H and O–H groups in total. The van der Waals surface area contributed by atoms with Gasteiger partial charge in [0.2, 0.25) is 0 Å². The highest BCUT2D eigenvalue weighted by molar-refractivity contribution is 7.86. The summed E-state index contributed by atoms with van der Waals surface area (Å²) in [6.45, 7) is 0. The van der Waals surface area contributed by atoms with E-state index < -0.39 is 15.7 Å². The van der Waals surface area contributed by atoms with Crippen molar-refractivity contribution >= 4 is 16.5 Å². The van der Waals surface area contributed by atoms with Gasteiger partial charge in [0.1, 0.15) is 0 Å². The van der Waals surface area contributed by atoms with E-state index in [0.29, 0.717) is 0 Å². The molecule has 0 aromatic carbocycles. The van der Waals surface area contributed by atoms with Gasteiger partial charge in [-0.3, -0.25) is 9.98 Å². The first kappa shape index (κ1) is 6.30. The van der Waals surface area contributed by atoms with Crippen LogP contribution in [0, 0.1) is 0 Å². The van der Waals surface area contributed by atoms with Gasteiger partial charge in [-0.15, -0.1) is 5.10 Å². The number of hydrogen-bond acceptors (Lipinski definition) is 5. The van der Waals surface area contributed by atoms with Crippen molar-refractivity contribution in [3.8, 4) is 0 Å². The number of hydrogen-bond donors (Lipinski definition) is 2. The first-order valence-electron chi connectivity index (χ1n) is 1.99. The van der Waals surface area contributed by atoms with Crippen LogP contribution in [0.3, 0.4) is 0 Å². The fourth-order valence-electron chi connectivity index (χ4n) is 0.344. The third-order valence-corrected chi connectivity index (χ3v) is 1.45. The summed E-state index contributed by atoms with van der Waals surface area (Å²) in [7, 11) is -4.16. The van der Waals surface area contributed by atoms with Gasteiger partial charge in [-0.25, -0.2) is 0 Å². The van der Waals surface area contributed by atoms with Gasteiger partial charge in [0.15, 0.2) is 6.40 Å². The predicted molar refractivity (Wildman–Crippen MR) is 28.0 cm³/mol. The summed E-state index contributed by atoms with van der Waals surface area (Å²) in [6.07, 6.45) is 0.901. The Morgan fingerprint density at radius 3 is 2.67 bits per heavy atom. The van der Waals surface area contributed by atoms with Gasteiger partial charge in [-0.05, 0) is 0 Å². The minimum Gasteiger partial charge on any atom is -0.440 e. The number of hydrazone groups is 1. The van der Waals surface area contributed by atoms with Crippen molar-refractivity contribution < 1.29 is 17.7 Å². The van der Waals surface area contributed by atoms with Crippen molar-refractivity contribution in [1.29, 1.82) is 0 Å². The Labute approximate surface area is 51.3 Å². The maximum atomic E-state index is 10.1. The van der Waals surface area contributed by atoms with Crippen LogP contribution in [0.25, 0.3) is 0 Å². The molecule has 1 unspecified atom stereocenters.